The summed E-state index contributed by atoms with van der Waals surface area (Å²) in [6, 6.07) is -0.659. The normalized spacial score (nSPS) is 12.5. The second-order valence-corrected chi connectivity index (χ2v) is 7.31. The zero-order valence-electron chi connectivity index (χ0n) is 17.1. The molecule has 0 aliphatic rings. The Bertz CT molecular complexity index is 380. The molecule has 0 saturated heterocycles. The molecule has 0 heterocycles. The molecule has 1 atom stereocenters. The van der Waals surface area contributed by atoms with Crippen LogP contribution in [0.3, 0.4) is 0 Å². The minimum absolute atomic E-state index is 0.107. The average molecular weight is 368 g/mol. The van der Waals surface area contributed by atoms with Crippen molar-refractivity contribution in [3.63, 3.8) is 0 Å². The molecule has 4 nitrogen and oxygen atoms in total. The molecular weight excluding hydrogens is 326 g/mol. The Balaban J connectivity index is 3.29. The van der Waals surface area contributed by atoms with Gasteiger partial charge in [0.1, 0.15) is 11.8 Å². The molecule has 0 rings (SSSR count). The molecule has 0 radical (unpaired) electrons. The fourth-order valence-corrected chi connectivity index (χ4v) is 2.84. The number of nitrogens with one attached hydrogen (secondary N) is 1. The summed E-state index contributed by atoms with van der Waals surface area (Å²) in [4.78, 5) is 22.3. The topological polar surface area (TPSA) is 66.4 Å². The van der Waals surface area contributed by atoms with E-state index in [0.717, 1.165) is 12.8 Å². The predicted octanol–water partition coefficient (Wildman–Crippen LogP) is 5.66. The van der Waals surface area contributed by atoms with Crippen LogP contribution in [0.1, 0.15) is 104 Å². The summed E-state index contributed by atoms with van der Waals surface area (Å²) in [6.07, 6.45) is 21.4. The maximum atomic E-state index is 11.6. The number of hydrogen-bond acceptors (Lipinski definition) is 3. The molecule has 0 bridgehead atoms. The maximum Gasteiger partial charge on any atom is 0.320 e. The zero-order valence-corrected chi connectivity index (χ0v) is 17.1. The van der Waals surface area contributed by atoms with Crippen LogP contribution in [0.25, 0.3) is 0 Å². The van der Waals surface area contributed by atoms with Crippen LogP contribution in [0.15, 0.2) is 12.2 Å². The Morgan fingerprint density at radius 3 is 1.88 bits per heavy atom. The van der Waals surface area contributed by atoms with Crippen LogP contribution in [0.4, 0.5) is 0 Å². The number of allylic oxidation sites excluding steroid dienone is 2. The number of ketones is 1. The minimum atomic E-state index is -0.918. The number of hydrogen-bond donors (Lipinski definition) is 2. The summed E-state index contributed by atoms with van der Waals surface area (Å²) in [5, 5.41) is 11.5. The molecular formula is C22H41NO3. The van der Waals surface area contributed by atoms with Gasteiger partial charge in [0.25, 0.3) is 0 Å². The maximum absolute atomic E-state index is 11.6. The van der Waals surface area contributed by atoms with Gasteiger partial charge in [-0.1, -0.05) is 70.4 Å². The Hall–Kier alpha value is -1.16. The van der Waals surface area contributed by atoms with Crippen molar-refractivity contribution in [3.8, 4) is 0 Å². The van der Waals surface area contributed by atoms with Gasteiger partial charge in [-0.2, -0.15) is 0 Å². The molecule has 26 heavy (non-hydrogen) atoms. The number of carbonyl (C=O) groups excluding carboxylic acids is 1. The average Bonchev–Trinajstić information content (AvgIpc) is 2.62. The number of rotatable bonds is 19. The standard InChI is InChI=1S/C22H41NO3/c1-3-4-5-6-7-8-9-10-11-12-13-14-15-16-17-18-21(24)19-23-20(2)22(25)26/h10-11,20,23H,3-9,12-19H2,1-2H3,(H,25,26)/b11-10-/t20-/m0/s1. The number of unbranched alkanes of at least 4 members (excludes halogenated alkanes) is 11. The van der Waals surface area contributed by atoms with Crippen molar-refractivity contribution < 1.29 is 14.7 Å². The summed E-state index contributed by atoms with van der Waals surface area (Å²) in [5.41, 5.74) is 0. The fourth-order valence-electron chi connectivity index (χ4n) is 2.84. The van der Waals surface area contributed by atoms with Gasteiger partial charge in [-0.15, -0.1) is 0 Å². The van der Waals surface area contributed by atoms with Crippen molar-refractivity contribution >= 4 is 11.8 Å². The highest BCUT2D eigenvalue weighted by molar-refractivity contribution is 5.81. The van der Waals surface area contributed by atoms with E-state index in [4.69, 9.17) is 5.11 Å². The van der Waals surface area contributed by atoms with E-state index in [0.29, 0.717) is 6.42 Å². The first kappa shape index (κ1) is 24.8. The van der Waals surface area contributed by atoms with Gasteiger partial charge in [0.05, 0.1) is 6.54 Å². The van der Waals surface area contributed by atoms with E-state index in [9.17, 15) is 9.59 Å². The van der Waals surface area contributed by atoms with E-state index in [2.05, 4.69) is 24.4 Å². The summed E-state index contributed by atoms with van der Waals surface area (Å²) < 4.78 is 0. The van der Waals surface area contributed by atoms with Gasteiger partial charge < -0.3 is 5.11 Å². The molecule has 0 aliphatic carbocycles. The Morgan fingerprint density at radius 1 is 0.846 bits per heavy atom. The first-order valence-electron chi connectivity index (χ1n) is 10.7. The zero-order chi connectivity index (χ0) is 19.5. The molecule has 0 aromatic rings. The van der Waals surface area contributed by atoms with E-state index in [-0.39, 0.29) is 12.3 Å². The minimum Gasteiger partial charge on any atom is -0.480 e. The van der Waals surface area contributed by atoms with Crippen LogP contribution in [0.5, 0.6) is 0 Å². The van der Waals surface area contributed by atoms with Crippen LogP contribution >= 0.6 is 0 Å². The van der Waals surface area contributed by atoms with Crippen LogP contribution in [0.2, 0.25) is 0 Å². The second kappa shape index (κ2) is 18.6. The van der Waals surface area contributed by atoms with Crippen LogP contribution < -0.4 is 5.32 Å². The third-order valence-electron chi connectivity index (χ3n) is 4.69. The Morgan fingerprint density at radius 2 is 1.35 bits per heavy atom. The molecule has 0 unspecified atom stereocenters. The molecule has 0 aliphatic heterocycles. The van der Waals surface area contributed by atoms with Crippen molar-refractivity contribution in [1.29, 1.82) is 0 Å². The largest absolute Gasteiger partial charge is 0.480 e. The van der Waals surface area contributed by atoms with Gasteiger partial charge in [-0.05, 0) is 39.0 Å². The number of carboxylic acid groups (broad SMARTS) is 1. The summed E-state index contributed by atoms with van der Waals surface area (Å²) in [5.74, 6) is -0.811. The lowest BCUT2D eigenvalue weighted by molar-refractivity contribution is -0.139. The van der Waals surface area contributed by atoms with Gasteiger partial charge in [0, 0.05) is 6.42 Å². The Kier molecular flexibility index (Phi) is 17.8. The quantitative estimate of drug-likeness (QED) is 0.228. The molecule has 0 amide bonds. The summed E-state index contributed by atoms with van der Waals surface area (Å²) in [6.45, 7) is 3.97. The van der Waals surface area contributed by atoms with Crippen LogP contribution in [0, 0.1) is 0 Å². The third kappa shape index (κ3) is 17.7. The van der Waals surface area contributed by atoms with E-state index in [1.807, 2.05) is 0 Å². The van der Waals surface area contributed by atoms with Gasteiger partial charge in [-0.3, -0.25) is 14.9 Å². The van der Waals surface area contributed by atoms with Gasteiger partial charge in [0.2, 0.25) is 0 Å². The fraction of sp³-hybridized carbons (Fsp3) is 0.818. The van der Waals surface area contributed by atoms with Crippen molar-refractivity contribution in [2.45, 2.75) is 110 Å². The molecule has 152 valence electrons. The predicted molar refractivity (Wildman–Crippen MR) is 110 cm³/mol. The third-order valence-corrected chi connectivity index (χ3v) is 4.69. The lowest BCUT2D eigenvalue weighted by Crippen LogP contribution is -2.37. The second-order valence-electron chi connectivity index (χ2n) is 7.31. The monoisotopic (exact) mass is 367 g/mol. The highest BCUT2D eigenvalue weighted by atomic mass is 16.4. The first-order valence-corrected chi connectivity index (χ1v) is 10.7. The highest BCUT2D eigenvalue weighted by Crippen LogP contribution is 2.10. The molecule has 4 heteroatoms. The smallest absolute Gasteiger partial charge is 0.320 e. The SMILES string of the molecule is CCCCCCCC/C=C\CCCCCCCC(=O)CN[C@@H](C)C(=O)O. The van der Waals surface area contributed by atoms with Gasteiger partial charge >= 0.3 is 5.97 Å². The van der Waals surface area contributed by atoms with Crippen molar-refractivity contribution in [1.82, 2.24) is 5.32 Å². The first-order chi connectivity index (χ1) is 12.6. The summed E-state index contributed by atoms with van der Waals surface area (Å²) >= 11 is 0. The molecule has 0 saturated carbocycles. The lowest BCUT2D eigenvalue weighted by Gasteiger charge is -2.07. The van der Waals surface area contributed by atoms with E-state index >= 15 is 0 Å². The van der Waals surface area contributed by atoms with Crippen LogP contribution in [-0.2, 0) is 9.59 Å². The summed E-state index contributed by atoms with van der Waals surface area (Å²) in [7, 11) is 0. The van der Waals surface area contributed by atoms with Gasteiger partial charge in [0.15, 0.2) is 0 Å². The molecule has 0 aromatic heterocycles. The Labute approximate surface area is 160 Å². The number of carbonyl (C=O) groups is 2. The van der Waals surface area contributed by atoms with E-state index in [1.165, 1.54) is 70.6 Å². The van der Waals surface area contributed by atoms with Crippen LogP contribution in [-0.4, -0.2) is 29.4 Å². The number of aliphatic carboxylic acids is 1. The van der Waals surface area contributed by atoms with E-state index < -0.39 is 12.0 Å². The molecule has 0 aromatic carbocycles. The van der Waals surface area contributed by atoms with Crippen molar-refractivity contribution in [2.24, 2.45) is 0 Å². The van der Waals surface area contributed by atoms with E-state index in [1.54, 1.807) is 6.92 Å². The highest BCUT2D eigenvalue weighted by Gasteiger charge is 2.11. The molecule has 0 fully saturated rings. The van der Waals surface area contributed by atoms with Crippen molar-refractivity contribution in [2.75, 3.05) is 6.54 Å². The number of carboxylic acids is 1. The van der Waals surface area contributed by atoms with Gasteiger partial charge in [-0.25, -0.2) is 0 Å². The lowest BCUT2D eigenvalue weighted by atomic mass is 10.1. The molecule has 2 N–H and O–H groups in total. The number of Topliss-reactive ketones (excluding diaryl/α,β-unsaturated/α-hetero) is 1. The molecule has 0 spiro atoms. The van der Waals surface area contributed by atoms with Crippen molar-refractivity contribution in [3.05, 3.63) is 12.2 Å².